The fraction of sp³-hybridized carbons (Fsp3) is 0.500. The van der Waals surface area contributed by atoms with Crippen LogP contribution in [-0.2, 0) is 25.7 Å². The zero-order valence-electron chi connectivity index (χ0n) is 12.6. The lowest BCUT2D eigenvalue weighted by atomic mass is 10.1. The SMILES string of the molecule is CC(C)[C@H](N)C(=O)OCCCC(=O)OCc1ccccc1. The second-order valence-electron chi connectivity index (χ2n) is 5.19. The van der Waals surface area contributed by atoms with Gasteiger partial charge in [-0.3, -0.25) is 9.59 Å². The van der Waals surface area contributed by atoms with Crippen molar-refractivity contribution < 1.29 is 19.1 Å². The van der Waals surface area contributed by atoms with Crippen LogP contribution in [0, 0.1) is 5.92 Å². The summed E-state index contributed by atoms with van der Waals surface area (Å²) in [5.74, 6) is -0.695. The van der Waals surface area contributed by atoms with E-state index < -0.39 is 12.0 Å². The Morgan fingerprint density at radius 3 is 2.43 bits per heavy atom. The molecule has 1 rings (SSSR count). The zero-order valence-corrected chi connectivity index (χ0v) is 12.6. The number of hydrogen-bond acceptors (Lipinski definition) is 5. The van der Waals surface area contributed by atoms with Crippen molar-refractivity contribution in [3.63, 3.8) is 0 Å². The first kappa shape index (κ1) is 17.2. The summed E-state index contributed by atoms with van der Waals surface area (Å²) in [5.41, 5.74) is 6.59. The molecule has 1 aromatic rings. The van der Waals surface area contributed by atoms with E-state index in [0.717, 1.165) is 5.56 Å². The van der Waals surface area contributed by atoms with Crippen molar-refractivity contribution in [2.24, 2.45) is 11.7 Å². The Bertz CT molecular complexity index is 445. The van der Waals surface area contributed by atoms with Crippen molar-refractivity contribution in [2.45, 2.75) is 39.3 Å². The summed E-state index contributed by atoms with van der Waals surface area (Å²) in [5, 5.41) is 0. The minimum atomic E-state index is -0.616. The molecule has 116 valence electrons. The van der Waals surface area contributed by atoms with Gasteiger partial charge in [0.05, 0.1) is 6.61 Å². The van der Waals surface area contributed by atoms with Crippen molar-refractivity contribution in [3.05, 3.63) is 35.9 Å². The number of nitrogens with two attached hydrogens (primary N) is 1. The smallest absolute Gasteiger partial charge is 0.323 e. The molecule has 0 spiro atoms. The molecule has 0 aromatic heterocycles. The van der Waals surface area contributed by atoms with Crippen molar-refractivity contribution in [3.8, 4) is 0 Å². The van der Waals surface area contributed by atoms with Crippen LogP contribution in [0.3, 0.4) is 0 Å². The monoisotopic (exact) mass is 293 g/mol. The maximum atomic E-state index is 11.5. The van der Waals surface area contributed by atoms with Gasteiger partial charge in [-0.25, -0.2) is 0 Å². The van der Waals surface area contributed by atoms with Crippen LogP contribution in [0.25, 0.3) is 0 Å². The highest BCUT2D eigenvalue weighted by atomic mass is 16.5. The summed E-state index contributed by atoms with van der Waals surface area (Å²) >= 11 is 0. The third kappa shape index (κ3) is 6.90. The Labute approximate surface area is 125 Å². The van der Waals surface area contributed by atoms with Gasteiger partial charge in [0.1, 0.15) is 12.6 Å². The molecule has 0 fully saturated rings. The van der Waals surface area contributed by atoms with Crippen LogP contribution in [0.15, 0.2) is 30.3 Å². The summed E-state index contributed by atoms with van der Waals surface area (Å²) < 4.78 is 10.1. The summed E-state index contributed by atoms with van der Waals surface area (Å²) in [6, 6.07) is 8.85. The average molecular weight is 293 g/mol. The molecule has 1 atom stereocenters. The van der Waals surface area contributed by atoms with E-state index in [9.17, 15) is 9.59 Å². The van der Waals surface area contributed by atoms with E-state index in [0.29, 0.717) is 6.42 Å². The summed E-state index contributed by atoms with van der Waals surface area (Å²) in [4.78, 5) is 23.0. The van der Waals surface area contributed by atoms with Crippen LogP contribution < -0.4 is 5.73 Å². The Balaban J connectivity index is 2.12. The maximum Gasteiger partial charge on any atom is 0.323 e. The van der Waals surface area contributed by atoms with Crippen LogP contribution in [0.2, 0.25) is 0 Å². The van der Waals surface area contributed by atoms with Crippen LogP contribution in [0.5, 0.6) is 0 Å². The van der Waals surface area contributed by atoms with Crippen molar-refractivity contribution in [1.82, 2.24) is 0 Å². The van der Waals surface area contributed by atoms with Gasteiger partial charge in [-0.05, 0) is 17.9 Å². The largest absolute Gasteiger partial charge is 0.465 e. The predicted octanol–water partition coefficient (Wildman–Crippen LogP) is 2.04. The van der Waals surface area contributed by atoms with E-state index in [1.54, 1.807) is 0 Å². The molecular weight excluding hydrogens is 270 g/mol. The van der Waals surface area contributed by atoms with Crippen molar-refractivity contribution in [1.29, 1.82) is 0 Å². The van der Waals surface area contributed by atoms with Crippen LogP contribution in [0.1, 0.15) is 32.3 Å². The highest BCUT2D eigenvalue weighted by Crippen LogP contribution is 2.04. The Kier molecular flexibility index (Phi) is 7.46. The number of rotatable bonds is 8. The van der Waals surface area contributed by atoms with Gasteiger partial charge in [0, 0.05) is 6.42 Å². The van der Waals surface area contributed by atoms with Gasteiger partial charge < -0.3 is 15.2 Å². The van der Waals surface area contributed by atoms with Crippen LogP contribution >= 0.6 is 0 Å². The standard InChI is InChI=1S/C16H23NO4/c1-12(2)15(17)16(19)20-10-6-9-14(18)21-11-13-7-4-3-5-8-13/h3-5,7-8,12,15H,6,9-11,17H2,1-2H3/t15-/m0/s1. The minimum absolute atomic E-state index is 0.0355. The van der Waals surface area contributed by atoms with Crippen LogP contribution in [0.4, 0.5) is 0 Å². The summed E-state index contributed by atoms with van der Waals surface area (Å²) in [6.07, 6.45) is 0.654. The molecule has 0 saturated heterocycles. The molecule has 5 heteroatoms. The van der Waals surface area contributed by atoms with Crippen molar-refractivity contribution >= 4 is 11.9 Å². The van der Waals surface area contributed by atoms with E-state index in [2.05, 4.69) is 0 Å². The Morgan fingerprint density at radius 1 is 1.14 bits per heavy atom. The van der Waals surface area contributed by atoms with E-state index in [1.165, 1.54) is 0 Å². The third-order valence-corrected chi connectivity index (χ3v) is 3.00. The van der Waals surface area contributed by atoms with Gasteiger partial charge in [-0.2, -0.15) is 0 Å². The van der Waals surface area contributed by atoms with E-state index in [4.69, 9.17) is 15.2 Å². The zero-order chi connectivity index (χ0) is 15.7. The first-order valence-electron chi connectivity index (χ1n) is 7.12. The molecule has 0 amide bonds. The Morgan fingerprint density at radius 2 is 1.81 bits per heavy atom. The highest BCUT2D eigenvalue weighted by molar-refractivity contribution is 5.75. The van der Waals surface area contributed by atoms with Gasteiger partial charge in [-0.1, -0.05) is 44.2 Å². The number of carbonyl (C=O) groups is 2. The molecule has 0 heterocycles. The lowest BCUT2D eigenvalue weighted by Crippen LogP contribution is -2.37. The quantitative estimate of drug-likeness (QED) is 0.586. The number of carbonyl (C=O) groups excluding carboxylic acids is 2. The lowest BCUT2D eigenvalue weighted by molar-refractivity contribution is -0.149. The van der Waals surface area contributed by atoms with Gasteiger partial charge in [0.2, 0.25) is 0 Å². The molecule has 2 N–H and O–H groups in total. The number of benzene rings is 1. The summed E-state index contributed by atoms with van der Waals surface area (Å²) in [7, 11) is 0. The second-order valence-corrected chi connectivity index (χ2v) is 5.19. The highest BCUT2D eigenvalue weighted by Gasteiger charge is 2.18. The molecule has 0 aliphatic rings. The van der Waals surface area contributed by atoms with Crippen LogP contribution in [-0.4, -0.2) is 24.6 Å². The number of esters is 2. The van der Waals surface area contributed by atoms with E-state index in [-0.39, 0.29) is 31.5 Å². The molecule has 0 radical (unpaired) electrons. The molecule has 21 heavy (non-hydrogen) atoms. The van der Waals surface area contributed by atoms with E-state index in [1.807, 2.05) is 44.2 Å². The summed E-state index contributed by atoms with van der Waals surface area (Å²) in [6.45, 7) is 4.15. The first-order chi connectivity index (χ1) is 10.0. The molecule has 0 aliphatic carbocycles. The minimum Gasteiger partial charge on any atom is -0.465 e. The topological polar surface area (TPSA) is 78.6 Å². The van der Waals surface area contributed by atoms with Gasteiger partial charge in [0.25, 0.3) is 0 Å². The lowest BCUT2D eigenvalue weighted by Gasteiger charge is -2.14. The van der Waals surface area contributed by atoms with Gasteiger partial charge >= 0.3 is 11.9 Å². The predicted molar refractivity (Wildman–Crippen MR) is 79.2 cm³/mol. The molecule has 0 unspecified atom stereocenters. The Hall–Kier alpha value is -1.88. The first-order valence-corrected chi connectivity index (χ1v) is 7.12. The molecular formula is C16H23NO4. The third-order valence-electron chi connectivity index (χ3n) is 3.00. The molecule has 0 aliphatic heterocycles. The van der Waals surface area contributed by atoms with E-state index >= 15 is 0 Å². The molecule has 1 aromatic carbocycles. The second kappa shape index (κ2) is 9.13. The molecule has 0 saturated carbocycles. The van der Waals surface area contributed by atoms with Crippen molar-refractivity contribution in [2.75, 3.05) is 6.61 Å². The number of hydrogen-bond donors (Lipinski definition) is 1. The fourth-order valence-corrected chi connectivity index (χ4v) is 1.57. The average Bonchev–Trinajstić information content (AvgIpc) is 2.49. The fourth-order valence-electron chi connectivity index (χ4n) is 1.57. The van der Waals surface area contributed by atoms with Gasteiger partial charge in [0.15, 0.2) is 0 Å². The normalized spacial score (nSPS) is 12.0. The van der Waals surface area contributed by atoms with Gasteiger partial charge in [-0.15, -0.1) is 0 Å². The molecule has 0 bridgehead atoms. The maximum absolute atomic E-state index is 11.5. The molecule has 5 nitrogen and oxygen atoms in total. The number of ether oxygens (including phenoxy) is 2.